The quantitative estimate of drug-likeness (QED) is 0.607. The highest BCUT2D eigenvalue weighted by atomic mass is 16.5. The van der Waals surface area contributed by atoms with Crippen LogP contribution in [0.5, 0.6) is 5.75 Å². The highest BCUT2D eigenvalue weighted by Crippen LogP contribution is 2.28. The molecule has 1 aromatic heterocycles. The smallest absolute Gasteiger partial charge is 0.229 e. The molecule has 2 aromatic carbocycles. The maximum Gasteiger partial charge on any atom is 0.229 e. The van der Waals surface area contributed by atoms with Crippen molar-refractivity contribution in [3.8, 4) is 5.75 Å². The molecule has 3 aromatic rings. The minimum absolute atomic E-state index is 0.123. The minimum Gasteiger partial charge on any atom is -0.495 e. The number of methoxy groups -OCH3 is 1. The summed E-state index contributed by atoms with van der Waals surface area (Å²) in [7, 11) is 1.63. The normalized spacial score (nSPS) is 10.2. The fraction of sp³-hybridized carbons (Fsp3) is 0.150. The van der Waals surface area contributed by atoms with Crippen LogP contribution in [-0.2, 0) is 4.79 Å². The summed E-state index contributed by atoms with van der Waals surface area (Å²) in [6, 6.07) is 15.0. The number of aromatic nitrogens is 2. The van der Waals surface area contributed by atoms with Gasteiger partial charge in [-0.3, -0.25) is 4.79 Å². The van der Waals surface area contributed by atoms with E-state index in [1.54, 1.807) is 19.4 Å². The van der Waals surface area contributed by atoms with Crippen LogP contribution in [-0.4, -0.2) is 23.0 Å². The molecule has 0 radical (unpaired) electrons. The van der Waals surface area contributed by atoms with Crippen molar-refractivity contribution in [1.82, 2.24) is 9.97 Å². The third kappa shape index (κ3) is 4.94. The molecule has 0 aliphatic rings. The van der Waals surface area contributed by atoms with Gasteiger partial charge in [-0.05, 0) is 48.9 Å². The lowest BCUT2D eigenvalue weighted by molar-refractivity contribution is -0.114. The third-order valence-corrected chi connectivity index (χ3v) is 3.71. The average molecular weight is 363 g/mol. The lowest BCUT2D eigenvalue weighted by Crippen LogP contribution is -2.06. The van der Waals surface area contributed by atoms with Crippen LogP contribution in [0.15, 0.2) is 54.7 Å². The summed E-state index contributed by atoms with van der Waals surface area (Å²) in [4.78, 5) is 19.9. The number of nitrogens with one attached hydrogen (secondary N) is 3. The Labute approximate surface area is 157 Å². The van der Waals surface area contributed by atoms with Gasteiger partial charge in [0, 0.05) is 24.5 Å². The fourth-order valence-electron chi connectivity index (χ4n) is 2.55. The van der Waals surface area contributed by atoms with Gasteiger partial charge in [-0.15, -0.1) is 0 Å². The number of anilines is 5. The van der Waals surface area contributed by atoms with Crippen molar-refractivity contribution in [3.63, 3.8) is 0 Å². The maximum atomic E-state index is 11.2. The molecular weight excluding hydrogens is 342 g/mol. The molecule has 0 unspecified atom stereocenters. The first-order valence-electron chi connectivity index (χ1n) is 8.43. The van der Waals surface area contributed by atoms with Gasteiger partial charge in [0.05, 0.1) is 12.8 Å². The van der Waals surface area contributed by atoms with E-state index in [2.05, 4.69) is 25.9 Å². The van der Waals surface area contributed by atoms with E-state index in [-0.39, 0.29) is 5.91 Å². The van der Waals surface area contributed by atoms with E-state index in [9.17, 15) is 4.79 Å². The molecule has 7 nitrogen and oxygen atoms in total. The van der Waals surface area contributed by atoms with Crippen LogP contribution in [0.4, 0.5) is 28.8 Å². The van der Waals surface area contributed by atoms with Gasteiger partial charge in [-0.2, -0.15) is 4.98 Å². The van der Waals surface area contributed by atoms with E-state index in [1.807, 2.05) is 49.4 Å². The maximum absolute atomic E-state index is 11.2. The molecule has 0 saturated heterocycles. The second kappa shape index (κ2) is 8.18. The molecule has 1 heterocycles. The Morgan fingerprint density at radius 1 is 1.04 bits per heavy atom. The molecule has 1 amide bonds. The van der Waals surface area contributed by atoms with Crippen LogP contribution in [0.25, 0.3) is 0 Å². The number of rotatable bonds is 6. The largest absolute Gasteiger partial charge is 0.495 e. The molecule has 27 heavy (non-hydrogen) atoms. The molecule has 0 bridgehead atoms. The second-order valence-corrected chi connectivity index (χ2v) is 5.98. The Kier molecular flexibility index (Phi) is 5.51. The van der Waals surface area contributed by atoms with E-state index >= 15 is 0 Å². The topological polar surface area (TPSA) is 88.2 Å². The first-order valence-corrected chi connectivity index (χ1v) is 8.43. The molecule has 0 atom stereocenters. The van der Waals surface area contributed by atoms with Gasteiger partial charge in [0.15, 0.2) is 0 Å². The second-order valence-electron chi connectivity index (χ2n) is 5.98. The molecule has 0 saturated carbocycles. The molecule has 7 heteroatoms. The standard InChI is InChI=1S/C20H21N5O2/c1-13-7-8-18(27-3)17(11-13)24-19-9-10-21-20(25-19)23-16-6-4-5-15(12-16)22-14(2)26/h4-12H,1-3H3,(H,22,26)(H2,21,23,24,25). The number of amides is 1. The Hall–Kier alpha value is -3.61. The van der Waals surface area contributed by atoms with Crippen molar-refractivity contribution in [2.24, 2.45) is 0 Å². The molecule has 3 rings (SSSR count). The zero-order chi connectivity index (χ0) is 19.2. The minimum atomic E-state index is -0.123. The van der Waals surface area contributed by atoms with Gasteiger partial charge < -0.3 is 20.7 Å². The molecule has 0 aliphatic heterocycles. The van der Waals surface area contributed by atoms with Gasteiger partial charge in [0.25, 0.3) is 0 Å². The molecule has 0 aliphatic carbocycles. The summed E-state index contributed by atoms with van der Waals surface area (Å²) in [5.41, 5.74) is 3.41. The lowest BCUT2D eigenvalue weighted by Gasteiger charge is -2.12. The summed E-state index contributed by atoms with van der Waals surface area (Å²) in [6.07, 6.45) is 1.66. The van der Waals surface area contributed by atoms with Crippen LogP contribution in [0.1, 0.15) is 12.5 Å². The number of ether oxygens (including phenoxy) is 1. The summed E-state index contributed by atoms with van der Waals surface area (Å²) in [5, 5.41) is 9.14. The number of carbonyl (C=O) groups excluding carboxylic acids is 1. The van der Waals surface area contributed by atoms with E-state index in [0.717, 1.165) is 22.7 Å². The summed E-state index contributed by atoms with van der Waals surface area (Å²) in [5.74, 6) is 1.68. The van der Waals surface area contributed by atoms with Crippen molar-refractivity contribution in [2.75, 3.05) is 23.1 Å². The first kappa shape index (κ1) is 18.2. The highest BCUT2D eigenvalue weighted by molar-refractivity contribution is 5.89. The number of hydrogen-bond acceptors (Lipinski definition) is 6. The van der Waals surface area contributed by atoms with Gasteiger partial charge in [0.2, 0.25) is 11.9 Å². The molecule has 0 spiro atoms. The predicted octanol–water partition coefficient (Wildman–Crippen LogP) is 4.24. The Morgan fingerprint density at radius 3 is 2.63 bits per heavy atom. The van der Waals surface area contributed by atoms with E-state index in [4.69, 9.17) is 4.74 Å². The van der Waals surface area contributed by atoms with Crippen molar-refractivity contribution < 1.29 is 9.53 Å². The first-order chi connectivity index (χ1) is 13.0. The van der Waals surface area contributed by atoms with Gasteiger partial charge >= 0.3 is 0 Å². The third-order valence-electron chi connectivity index (χ3n) is 3.71. The SMILES string of the molecule is COc1ccc(C)cc1Nc1ccnc(Nc2cccc(NC(C)=O)c2)n1. The number of aryl methyl sites for hydroxylation is 1. The van der Waals surface area contributed by atoms with Gasteiger partial charge in [0.1, 0.15) is 11.6 Å². The van der Waals surface area contributed by atoms with Crippen LogP contribution < -0.4 is 20.7 Å². The van der Waals surface area contributed by atoms with E-state index in [1.165, 1.54) is 6.92 Å². The Balaban J connectivity index is 1.78. The number of nitrogens with zero attached hydrogens (tertiary/aromatic N) is 2. The van der Waals surface area contributed by atoms with Gasteiger partial charge in [-0.1, -0.05) is 12.1 Å². The molecular formula is C20H21N5O2. The number of benzene rings is 2. The fourth-order valence-corrected chi connectivity index (χ4v) is 2.55. The van der Waals surface area contributed by atoms with Crippen molar-refractivity contribution in [1.29, 1.82) is 0 Å². The molecule has 138 valence electrons. The molecule has 3 N–H and O–H groups in total. The van der Waals surface area contributed by atoms with Crippen molar-refractivity contribution >= 4 is 34.7 Å². The number of hydrogen-bond donors (Lipinski definition) is 3. The van der Waals surface area contributed by atoms with E-state index < -0.39 is 0 Å². The predicted molar refractivity (Wildman–Crippen MR) is 107 cm³/mol. The number of carbonyl (C=O) groups is 1. The molecule has 0 fully saturated rings. The van der Waals surface area contributed by atoms with Crippen molar-refractivity contribution in [3.05, 3.63) is 60.3 Å². The summed E-state index contributed by atoms with van der Waals surface area (Å²) >= 11 is 0. The van der Waals surface area contributed by atoms with Crippen LogP contribution in [0.2, 0.25) is 0 Å². The monoisotopic (exact) mass is 363 g/mol. The summed E-state index contributed by atoms with van der Waals surface area (Å²) in [6.45, 7) is 3.48. The summed E-state index contributed by atoms with van der Waals surface area (Å²) < 4.78 is 5.39. The van der Waals surface area contributed by atoms with Crippen LogP contribution in [0, 0.1) is 6.92 Å². The Bertz CT molecular complexity index is 959. The lowest BCUT2D eigenvalue weighted by atomic mass is 10.2. The van der Waals surface area contributed by atoms with Crippen molar-refractivity contribution in [2.45, 2.75) is 13.8 Å². The van der Waals surface area contributed by atoms with Gasteiger partial charge in [-0.25, -0.2) is 4.98 Å². The Morgan fingerprint density at radius 2 is 1.85 bits per heavy atom. The van der Waals surface area contributed by atoms with E-state index in [0.29, 0.717) is 17.5 Å². The van der Waals surface area contributed by atoms with Crippen LogP contribution in [0.3, 0.4) is 0 Å². The average Bonchev–Trinajstić information content (AvgIpc) is 2.62. The highest BCUT2D eigenvalue weighted by Gasteiger charge is 2.06. The van der Waals surface area contributed by atoms with Crippen LogP contribution >= 0.6 is 0 Å². The zero-order valence-corrected chi connectivity index (χ0v) is 15.4. The zero-order valence-electron chi connectivity index (χ0n) is 15.4.